The topological polar surface area (TPSA) is 93.8 Å². The molecule has 1 aromatic carbocycles. The van der Waals surface area contributed by atoms with Crippen molar-refractivity contribution in [1.29, 1.82) is 0 Å². The molecular formula is C14H17N3O4. The third kappa shape index (κ3) is 3.56. The minimum Gasteiger partial charge on any atom is -0.382 e. The number of oxime groups is 1. The minimum absolute atomic E-state index is 0.0447. The SMILES string of the molecule is CC(C)(C)NC(=O)[C@@H]1CC(c2ccccc2[N+](=O)[O-])=NO1. The second-order valence-corrected chi connectivity index (χ2v) is 5.85. The van der Waals surface area contributed by atoms with Crippen molar-refractivity contribution in [1.82, 2.24) is 5.32 Å². The number of rotatable bonds is 3. The monoisotopic (exact) mass is 291 g/mol. The van der Waals surface area contributed by atoms with E-state index in [1.54, 1.807) is 18.2 Å². The molecule has 21 heavy (non-hydrogen) atoms. The lowest BCUT2D eigenvalue weighted by atomic mass is 10.0. The number of nitro groups is 1. The zero-order chi connectivity index (χ0) is 15.6. The van der Waals surface area contributed by atoms with E-state index < -0.39 is 11.0 Å². The predicted molar refractivity (Wildman–Crippen MR) is 77.0 cm³/mol. The zero-order valence-electron chi connectivity index (χ0n) is 12.1. The van der Waals surface area contributed by atoms with E-state index in [4.69, 9.17) is 4.84 Å². The van der Waals surface area contributed by atoms with Gasteiger partial charge in [-0.1, -0.05) is 17.3 Å². The molecule has 1 atom stereocenters. The molecule has 0 radical (unpaired) electrons. The summed E-state index contributed by atoms with van der Waals surface area (Å²) in [7, 11) is 0. The van der Waals surface area contributed by atoms with E-state index in [1.807, 2.05) is 20.8 Å². The number of nitro benzene ring substituents is 1. The number of carbonyl (C=O) groups is 1. The van der Waals surface area contributed by atoms with Crippen LogP contribution >= 0.6 is 0 Å². The lowest BCUT2D eigenvalue weighted by Gasteiger charge is -2.22. The summed E-state index contributed by atoms with van der Waals surface area (Å²) in [4.78, 5) is 27.7. The number of hydrogen-bond donors (Lipinski definition) is 1. The number of para-hydroxylation sites is 1. The van der Waals surface area contributed by atoms with Crippen molar-refractivity contribution in [3.05, 3.63) is 39.9 Å². The quantitative estimate of drug-likeness (QED) is 0.680. The maximum Gasteiger partial charge on any atom is 0.278 e. The first-order valence-electron chi connectivity index (χ1n) is 6.56. The summed E-state index contributed by atoms with van der Waals surface area (Å²) in [6.45, 7) is 5.59. The third-order valence-corrected chi connectivity index (χ3v) is 2.87. The smallest absolute Gasteiger partial charge is 0.278 e. The largest absolute Gasteiger partial charge is 0.382 e. The van der Waals surface area contributed by atoms with E-state index >= 15 is 0 Å². The third-order valence-electron chi connectivity index (χ3n) is 2.87. The van der Waals surface area contributed by atoms with Crippen molar-refractivity contribution in [2.24, 2.45) is 5.16 Å². The van der Waals surface area contributed by atoms with Gasteiger partial charge in [0.2, 0.25) is 6.10 Å². The van der Waals surface area contributed by atoms with Crippen molar-refractivity contribution in [2.75, 3.05) is 0 Å². The first kappa shape index (κ1) is 15.0. The fourth-order valence-electron chi connectivity index (χ4n) is 2.00. The number of nitrogens with zero attached hydrogens (tertiary/aromatic N) is 2. The van der Waals surface area contributed by atoms with Gasteiger partial charge in [-0.25, -0.2) is 0 Å². The highest BCUT2D eigenvalue weighted by atomic mass is 16.6. The van der Waals surface area contributed by atoms with E-state index in [0.717, 1.165) is 0 Å². The van der Waals surface area contributed by atoms with Gasteiger partial charge in [0, 0.05) is 18.0 Å². The molecule has 7 heteroatoms. The molecule has 0 saturated heterocycles. The molecule has 1 aliphatic heterocycles. The Morgan fingerprint density at radius 3 is 2.71 bits per heavy atom. The molecule has 1 aromatic rings. The summed E-state index contributed by atoms with van der Waals surface area (Å²) < 4.78 is 0. The van der Waals surface area contributed by atoms with E-state index in [0.29, 0.717) is 11.3 Å². The van der Waals surface area contributed by atoms with Crippen LogP contribution in [-0.2, 0) is 9.63 Å². The molecule has 0 fully saturated rings. The molecule has 1 heterocycles. The van der Waals surface area contributed by atoms with E-state index in [9.17, 15) is 14.9 Å². The fraction of sp³-hybridized carbons (Fsp3) is 0.429. The highest BCUT2D eigenvalue weighted by Crippen LogP contribution is 2.24. The van der Waals surface area contributed by atoms with Crippen molar-refractivity contribution < 1.29 is 14.6 Å². The number of nitrogens with one attached hydrogen (secondary N) is 1. The van der Waals surface area contributed by atoms with Gasteiger partial charge in [0.15, 0.2) is 0 Å². The molecule has 112 valence electrons. The van der Waals surface area contributed by atoms with Crippen molar-refractivity contribution >= 4 is 17.3 Å². The Hall–Kier alpha value is -2.44. The second kappa shape index (κ2) is 5.51. The van der Waals surface area contributed by atoms with Gasteiger partial charge in [0.05, 0.1) is 16.2 Å². The molecule has 0 bridgehead atoms. The van der Waals surface area contributed by atoms with Gasteiger partial charge < -0.3 is 10.2 Å². The summed E-state index contributed by atoms with van der Waals surface area (Å²) in [6, 6.07) is 6.28. The summed E-state index contributed by atoms with van der Waals surface area (Å²) in [5.41, 5.74) is 0.378. The Labute approximate surface area is 122 Å². The average Bonchev–Trinajstić information content (AvgIpc) is 2.86. The molecule has 1 N–H and O–H groups in total. The molecule has 2 rings (SSSR count). The highest BCUT2D eigenvalue weighted by molar-refractivity contribution is 6.06. The molecule has 0 unspecified atom stereocenters. The van der Waals surface area contributed by atoms with Gasteiger partial charge in [-0.05, 0) is 26.8 Å². The predicted octanol–water partition coefficient (Wildman–Crippen LogP) is 2.00. The summed E-state index contributed by atoms with van der Waals surface area (Å²) in [5, 5.41) is 17.6. The van der Waals surface area contributed by atoms with Crippen molar-refractivity contribution in [3.63, 3.8) is 0 Å². The van der Waals surface area contributed by atoms with Gasteiger partial charge in [-0.15, -0.1) is 0 Å². The number of amides is 1. The molecular weight excluding hydrogens is 274 g/mol. The van der Waals surface area contributed by atoms with Crippen LogP contribution in [0.5, 0.6) is 0 Å². The second-order valence-electron chi connectivity index (χ2n) is 5.85. The van der Waals surface area contributed by atoms with Crippen LogP contribution < -0.4 is 5.32 Å². The van der Waals surface area contributed by atoms with Crippen LogP contribution in [0.1, 0.15) is 32.8 Å². The first-order valence-corrected chi connectivity index (χ1v) is 6.56. The summed E-state index contributed by atoms with van der Waals surface area (Å²) in [5.74, 6) is -0.278. The van der Waals surface area contributed by atoms with Crippen molar-refractivity contribution in [3.8, 4) is 0 Å². The van der Waals surface area contributed by atoms with Gasteiger partial charge in [0.25, 0.3) is 11.6 Å². The van der Waals surface area contributed by atoms with Gasteiger partial charge >= 0.3 is 0 Å². The lowest BCUT2D eigenvalue weighted by molar-refractivity contribution is -0.385. The molecule has 0 aromatic heterocycles. The van der Waals surface area contributed by atoms with Crippen LogP contribution in [0.2, 0.25) is 0 Å². The zero-order valence-corrected chi connectivity index (χ0v) is 12.1. The van der Waals surface area contributed by atoms with E-state index in [-0.39, 0.29) is 23.6 Å². The molecule has 0 spiro atoms. The lowest BCUT2D eigenvalue weighted by Crippen LogP contribution is -2.45. The van der Waals surface area contributed by atoms with Crippen LogP contribution in [0.25, 0.3) is 0 Å². The Bertz CT molecular complexity index is 604. The van der Waals surface area contributed by atoms with E-state index in [1.165, 1.54) is 6.07 Å². The van der Waals surface area contributed by atoms with E-state index in [2.05, 4.69) is 10.5 Å². The normalized spacial score (nSPS) is 17.9. The Balaban J connectivity index is 2.13. The number of carbonyl (C=O) groups excluding carboxylic acids is 1. The number of hydrogen-bond acceptors (Lipinski definition) is 5. The molecule has 7 nitrogen and oxygen atoms in total. The van der Waals surface area contributed by atoms with Gasteiger partial charge in [-0.2, -0.15) is 0 Å². The molecule has 1 amide bonds. The average molecular weight is 291 g/mol. The Kier molecular flexibility index (Phi) is 3.93. The number of benzene rings is 1. The minimum atomic E-state index is -0.751. The maximum absolute atomic E-state index is 12.0. The first-order chi connectivity index (χ1) is 9.78. The molecule has 0 saturated carbocycles. The highest BCUT2D eigenvalue weighted by Gasteiger charge is 2.33. The van der Waals surface area contributed by atoms with Crippen LogP contribution in [0.4, 0.5) is 5.69 Å². The van der Waals surface area contributed by atoms with Crippen LogP contribution in [0.3, 0.4) is 0 Å². The maximum atomic E-state index is 12.0. The Morgan fingerprint density at radius 2 is 2.10 bits per heavy atom. The van der Waals surface area contributed by atoms with Crippen LogP contribution in [0, 0.1) is 10.1 Å². The molecule has 1 aliphatic rings. The molecule has 0 aliphatic carbocycles. The van der Waals surface area contributed by atoms with Crippen LogP contribution in [-0.4, -0.2) is 28.2 Å². The summed E-state index contributed by atoms with van der Waals surface area (Å²) >= 11 is 0. The fourth-order valence-corrected chi connectivity index (χ4v) is 2.00. The summed E-state index contributed by atoms with van der Waals surface area (Å²) in [6.07, 6.45) is -0.536. The van der Waals surface area contributed by atoms with Crippen molar-refractivity contribution in [2.45, 2.75) is 38.8 Å². The standard InChI is InChI=1S/C14H17N3O4/c1-14(2,3)15-13(18)12-8-10(16-21-12)9-6-4-5-7-11(9)17(19)20/h4-7,12H,8H2,1-3H3,(H,15,18)/t12-/m0/s1. The van der Waals surface area contributed by atoms with Gasteiger partial charge in [-0.3, -0.25) is 14.9 Å². The van der Waals surface area contributed by atoms with Gasteiger partial charge in [0.1, 0.15) is 0 Å². The Morgan fingerprint density at radius 1 is 1.43 bits per heavy atom. The van der Waals surface area contributed by atoms with Crippen LogP contribution in [0.15, 0.2) is 29.4 Å².